The van der Waals surface area contributed by atoms with Gasteiger partial charge in [-0.25, -0.2) is 9.48 Å². The van der Waals surface area contributed by atoms with Crippen molar-refractivity contribution in [2.24, 2.45) is 0 Å². The smallest absolute Gasteiger partial charge is 0.340 e. The number of para-hydroxylation sites is 2. The zero-order valence-electron chi connectivity index (χ0n) is 20.5. The summed E-state index contributed by atoms with van der Waals surface area (Å²) in [6.07, 6.45) is 0. The average molecular weight is 476 g/mol. The van der Waals surface area contributed by atoms with Crippen LogP contribution in [0.5, 0.6) is 5.88 Å². The summed E-state index contributed by atoms with van der Waals surface area (Å²) in [5, 5.41) is 7.92. The lowest BCUT2D eigenvalue weighted by Crippen LogP contribution is -2.32. The van der Waals surface area contributed by atoms with Gasteiger partial charge in [0.1, 0.15) is 11.5 Å². The number of carbonyl (C=O) groups is 2. The largest absolute Gasteiger partial charge is 0.465 e. The molecule has 182 valence electrons. The number of ether oxygens (including phenoxy) is 3. The van der Waals surface area contributed by atoms with Crippen LogP contribution in [0.3, 0.4) is 0 Å². The Morgan fingerprint density at radius 1 is 0.971 bits per heavy atom. The van der Waals surface area contributed by atoms with Crippen LogP contribution in [0.25, 0.3) is 5.69 Å². The van der Waals surface area contributed by atoms with Crippen LogP contribution in [0.2, 0.25) is 0 Å². The number of rotatable bonds is 7. The molecular formula is C27H29N3O5. The Bertz CT molecular complexity index is 1270. The van der Waals surface area contributed by atoms with Crippen molar-refractivity contribution in [1.29, 1.82) is 0 Å². The minimum absolute atomic E-state index is 0.0520. The monoisotopic (exact) mass is 475 g/mol. The Morgan fingerprint density at radius 2 is 1.63 bits per heavy atom. The number of hydrogen-bond acceptors (Lipinski definition) is 7. The van der Waals surface area contributed by atoms with Gasteiger partial charge in [-0.2, -0.15) is 5.10 Å². The van der Waals surface area contributed by atoms with Gasteiger partial charge in [-0.05, 0) is 57.9 Å². The van der Waals surface area contributed by atoms with E-state index in [0.29, 0.717) is 17.1 Å². The van der Waals surface area contributed by atoms with Gasteiger partial charge in [0.2, 0.25) is 11.8 Å². The van der Waals surface area contributed by atoms with Crippen molar-refractivity contribution in [3.8, 4) is 11.6 Å². The molecule has 8 nitrogen and oxygen atoms in total. The molecule has 1 unspecified atom stereocenters. The molecule has 0 radical (unpaired) electrons. The first-order valence-electron chi connectivity index (χ1n) is 11.6. The number of aromatic nitrogens is 2. The second-order valence-electron chi connectivity index (χ2n) is 8.19. The van der Waals surface area contributed by atoms with Gasteiger partial charge < -0.3 is 19.5 Å². The van der Waals surface area contributed by atoms with E-state index in [2.05, 4.69) is 10.4 Å². The first-order valence-corrected chi connectivity index (χ1v) is 11.6. The minimum atomic E-state index is -1.07. The van der Waals surface area contributed by atoms with Crippen LogP contribution in [-0.4, -0.2) is 34.9 Å². The van der Waals surface area contributed by atoms with E-state index >= 15 is 0 Å². The van der Waals surface area contributed by atoms with Crippen LogP contribution in [0.1, 0.15) is 42.1 Å². The Hall–Kier alpha value is -4.07. The standard InChI is InChI=1S/C27H29N3O5/c1-6-33-26(31)21-20-18(5)29-30(19-14-9-8-10-15-19)25(20)35-24(22(21)27(32)34-7-2)28-23-16(3)12-11-13-17(23)4/h8-15,21,28H,6-7H2,1-5H3. The average Bonchev–Trinajstić information content (AvgIpc) is 3.17. The molecule has 35 heavy (non-hydrogen) atoms. The van der Waals surface area contributed by atoms with Gasteiger partial charge >= 0.3 is 11.9 Å². The first-order chi connectivity index (χ1) is 16.9. The molecule has 1 atom stereocenters. The first kappa shape index (κ1) is 24.1. The van der Waals surface area contributed by atoms with Crippen molar-refractivity contribution in [2.45, 2.75) is 40.5 Å². The molecule has 1 aromatic heterocycles. The molecule has 1 aliphatic heterocycles. The van der Waals surface area contributed by atoms with E-state index in [1.54, 1.807) is 25.5 Å². The lowest BCUT2D eigenvalue weighted by Gasteiger charge is -2.28. The molecule has 0 saturated carbocycles. The summed E-state index contributed by atoms with van der Waals surface area (Å²) in [5.41, 5.74) is 4.52. The summed E-state index contributed by atoms with van der Waals surface area (Å²) in [7, 11) is 0. The molecule has 2 heterocycles. The highest BCUT2D eigenvalue weighted by Crippen LogP contribution is 2.44. The fourth-order valence-electron chi connectivity index (χ4n) is 4.22. The maximum atomic E-state index is 13.3. The lowest BCUT2D eigenvalue weighted by molar-refractivity contribution is -0.147. The Kier molecular flexibility index (Phi) is 6.91. The molecule has 1 aliphatic rings. The van der Waals surface area contributed by atoms with Gasteiger partial charge in [0, 0.05) is 5.69 Å². The zero-order valence-corrected chi connectivity index (χ0v) is 20.5. The zero-order chi connectivity index (χ0) is 25.1. The molecule has 2 aromatic carbocycles. The molecule has 8 heteroatoms. The van der Waals surface area contributed by atoms with E-state index in [0.717, 1.165) is 22.5 Å². The molecule has 0 fully saturated rings. The number of benzene rings is 2. The van der Waals surface area contributed by atoms with Crippen molar-refractivity contribution in [3.63, 3.8) is 0 Å². The lowest BCUT2D eigenvalue weighted by atomic mass is 9.89. The van der Waals surface area contributed by atoms with Crippen LogP contribution in [-0.2, 0) is 19.1 Å². The third-order valence-electron chi connectivity index (χ3n) is 5.82. The van der Waals surface area contributed by atoms with E-state index in [9.17, 15) is 9.59 Å². The number of nitrogens with zero attached hydrogens (tertiary/aromatic N) is 2. The van der Waals surface area contributed by atoms with Crippen molar-refractivity contribution >= 4 is 17.6 Å². The third-order valence-corrected chi connectivity index (χ3v) is 5.82. The number of esters is 2. The number of aryl methyl sites for hydroxylation is 3. The highest BCUT2D eigenvalue weighted by atomic mass is 16.5. The quantitative estimate of drug-likeness (QED) is 0.494. The van der Waals surface area contributed by atoms with Crippen molar-refractivity contribution < 1.29 is 23.8 Å². The predicted molar refractivity (Wildman–Crippen MR) is 132 cm³/mol. The van der Waals surface area contributed by atoms with E-state index in [-0.39, 0.29) is 24.7 Å². The van der Waals surface area contributed by atoms with Crippen LogP contribution >= 0.6 is 0 Å². The van der Waals surface area contributed by atoms with Gasteiger partial charge in [-0.15, -0.1) is 0 Å². The number of carbonyl (C=O) groups excluding carboxylic acids is 2. The van der Waals surface area contributed by atoms with Gasteiger partial charge in [0.15, 0.2) is 0 Å². The fraction of sp³-hybridized carbons (Fsp3) is 0.296. The van der Waals surface area contributed by atoms with E-state index in [4.69, 9.17) is 14.2 Å². The van der Waals surface area contributed by atoms with Gasteiger partial charge in [0.05, 0.1) is 30.2 Å². The van der Waals surface area contributed by atoms with Crippen molar-refractivity contribution in [1.82, 2.24) is 9.78 Å². The summed E-state index contributed by atoms with van der Waals surface area (Å²) in [6, 6.07) is 15.3. The number of hydrogen-bond donors (Lipinski definition) is 1. The molecule has 0 spiro atoms. The summed E-state index contributed by atoms with van der Waals surface area (Å²) in [6.45, 7) is 9.42. The molecule has 4 rings (SSSR count). The highest BCUT2D eigenvalue weighted by molar-refractivity contribution is 6.01. The number of fused-ring (bicyclic) bond motifs is 1. The Labute approximate surface area is 204 Å². The topological polar surface area (TPSA) is 91.7 Å². The minimum Gasteiger partial charge on any atom is -0.465 e. The number of nitrogens with one attached hydrogen (secondary N) is 1. The van der Waals surface area contributed by atoms with Gasteiger partial charge in [-0.3, -0.25) is 4.79 Å². The van der Waals surface area contributed by atoms with Crippen LogP contribution in [0, 0.1) is 20.8 Å². The fourth-order valence-corrected chi connectivity index (χ4v) is 4.22. The van der Waals surface area contributed by atoms with E-state index < -0.39 is 17.9 Å². The second kappa shape index (κ2) is 10.0. The predicted octanol–water partition coefficient (Wildman–Crippen LogP) is 4.72. The van der Waals surface area contributed by atoms with Crippen molar-refractivity contribution in [3.05, 3.63) is 82.4 Å². The van der Waals surface area contributed by atoms with E-state index in [1.165, 1.54) is 0 Å². The summed E-state index contributed by atoms with van der Waals surface area (Å²) in [5.74, 6) is -1.84. The SMILES string of the molecule is CCOC(=O)C1=C(Nc2c(C)cccc2C)Oc2c(c(C)nn2-c2ccccc2)C1C(=O)OCC. The second-order valence-corrected chi connectivity index (χ2v) is 8.19. The molecular weight excluding hydrogens is 446 g/mol. The van der Waals surface area contributed by atoms with Crippen LogP contribution < -0.4 is 10.1 Å². The maximum Gasteiger partial charge on any atom is 0.340 e. The van der Waals surface area contributed by atoms with Crippen LogP contribution in [0.15, 0.2) is 60.0 Å². The van der Waals surface area contributed by atoms with Crippen LogP contribution in [0.4, 0.5) is 5.69 Å². The van der Waals surface area contributed by atoms with Gasteiger partial charge in [0.25, 0.3) is 0 Å². The normalized spacial score (nSPS) is 14.7. The summed E-state index contributed by atoms with van der Waals surface area (Å²) in [4.78, 5) is 26.6. The molecule has 1 N–H and O–H groups in total. The maximum absolute atomic E-state index is 13.3. The molecule has 0 saturated heterocycles. The number of anilines is 1. The van der Waals surface area contributed by atoms with Crippen molar-refractivity contribution in [2.75, 3.05) is 18.5 Å². The molecule has 0 bridgehead atoms. The third kappa shape index (κ3) is 4.51. The Balaban J connectivity index is 1.96. The van der Waals surface area contributed by atoms with Gasteiger partial charge in [-0.1, -0.05) is 36.4 Å². The summed E-state index contributed by atoms with van der Waals surface area (Å²) < 4.78 is 18.8. The highest BCUT2D eigenvalue weighted by Gasteiger charge is 2.44. The summed E-state index contributed by atoms with van der Waals surface area (Å²) >= 11 is 0. The molecule has 0 aliphatic carbocycles. The molecule has 0 amide bonds. The Morgan fingerprint density at radius 3 is 2.26 bits per heavy atom. The van der Waals surface area contributed by atoms with E-state index in [1.807, 2.05) is 62.4 Å². The molecule has 3 aromatic rings.